The average molecular weight is 400 g/mol. The van der Waals surface area contributed by atoms with Crippen LogP contribution in [0.4, 0.5) is 0 Å². The number of benzene rings is 1. The Morgan fingerprint density at radius 2 is 2.00 bits per heavy atom. The topological polar surface area (TPSA) is 98.8 Å². The molecule has 2 N–H and O–H groups in total. The molecule has 1 saturated heterocycles. The molecule has 1 aliphatic heterocycles. The Morgan fingerprint density at radius 1 is 1.24 bits per heavy atom. The van der Waals surface area contributed by atoms with Gasteiger partial charge >= 0.3 is 0 Å². The van der Waals surface area contributed by atoms with E-state index in [2.05, 4.69) is 15.1 Å². The Hall–Kier alpha value is -2.71. The summed E-state index contributed by atoms with van der Waals surface area (Å²) < 4.78 is 5.19. The predicted molar refractivity (Wildman–Crippen MR) is 109 cm³/mol. The standard InChI is InChI=1S/C21H28N4O4/c1-24(14-16-4-6-17(29-2)7-5-16)15-21(28)10-3-12-25(13-11-21)20(27)18-8-9-19(26)23-22-18/h4-9,28H,3,10-15H2,1-2H3,(H,23,26)/t21-/m1/s1. The van der Waals surface area contributed by atoms with E-state index in [1.165, 1.54) is 12.1 Å². The first kappa shape index (κ1) is 21.0. The number of carbonyl (C=O) groups excluding carboxylic acids is 1. The van der Waals surface area contributed by atoms with E-state index in [-0.39, 0.29) is 17.2 Å². The molecule has 0 radical (unpaired) electrons. The van der Waals surface area contributed by atoms with Gasteiger partial charge in [-0.05, 0) is 50.1 Å². The number of aliphatic hydroxyl groups is 1. The lowest BCUT2D eigenvalue weighted by atomic mass is 9.94. The van der Waals surface area contributed by atoms with Gasteiger partial charge in [-0.25, -0.2) is 5.10 Å². The van der Waals surface area contributed by atoms with Crippen LogP contribution in [0.3, 0.4) is 0 Å². The van der Waals surface area contributed by atoms with Crippen LogP contribution in [0.5, 0.6) is 5.75 Å². The fourth-order valence-electron chi connectivity index (χ4n) is 3.77. The summed E-state index contributed by atoms with van der Waals surface area (Å²) in [4.78, 5) is 27.6. The number of H-pyrrole nitrogens is 1. The number of amides is 1. The second-order valence-corrected chi connectivity index (χ2v) is 7.70. The smallest absolute Gasteiger partial charge is 0.274 e. The molecule has 8 nitrogen and oxygen atoms in total. The molecule has 1 fully saturated rings. The minimum absolute atomic E-state index is 0.215. The molecule has 1 aliphatic rings. The molecule has 29 heavy (non-hydrogen) atoms. The zero-order chi connectivity index (χ0) is 20.9. The molecule has 8 heteroatoms. The fourth-order valence-corrected chi connectivity index (χ4v) is 3.77. The first-order valence-electron chi connectivity index (χ1n) is 9.77. The lowest BCUT2D eigenvalue weighted by molar-refractivity contribution is -0.00402. The molecule has 0 unspecified atom stereocenters. The summed E-state index contributed by atoms with van der Waals surface area (Å²) in [5.41, 5.74) is 0.166. The second-order valence-electron chi connectivity index (χ2n) is 7.70. The molecule has 1 aromatic heterocycles. The number of likely N-dealkylation sites (N-methyl/N-ethyl adjacent to an activating group) is 1. The van der Waals surface area contributed by atoms with Gasteiger partial charge in [0.1, 0.15) is 11.4 Å². The van der Waals surface area contributed by atoms with Crippen molar-refractivity contribution in [3.63, 3.8) is 0 Å². The molecular formula is C21H28N4O4. The monoisotopic (exact) mass is 400 g/mol. The van der Waals surface area contributed by atoms with Crippen molar-refractivity contribution in [3.05, 3.63) is 58.0 Å². The molecule has 0 aliphatic carbocycles. The maximum absolute atomic E-state index is 12.6. The highest BCUT2D eigenvalue weighted by atomic mass is 16.5. The van der Waals surface area contributed by atoms with Crippen LogP contribution in [-0.4, -0.2) is 70.4 Å². The highest BCUT2D eigenvalue weighted by Crippen LogP contribution is 2.25. The number of likely N-dealkylation sites (tertiary alicyclic amines) is 1. The van der Waals surface area contributed by atoms with Crippen molar-refractivity contribution in [3.8, 4) is 5.75 Å². The molecule has 1 atom stereocenters. The van der Waals surface area contributed by atoms with Crippen LogP contribution in [0, 0.1) is 0 Å². The largest absolute Gasteiger partial charge is 0.497 e. The molecule has 0 bridgehead atoms. The third-order valence-electron chi connectivity index (χ3n) is 5.28. The van der Waals surface area contributed by atoms with Crippen LogP contribution in [0.1, 0.15) is 35.3 Å². The van der Waals surface area contributed by atoms with Crippen molar-refractivity contribution in [2.24, 2.45) is 0 Å². The lowest BCUT2D eigenvalue weighted by Crippen LogP contribution is -2.42. The van der Waals surface area contributed by atoms with Gasteiger partial charge in [-0.2, -0.15) is 5.10 Å². The molecule has 156 valence electrons. The van der Waals surface area contributed by atoms with Crippen LogP contribution in [0.15, 0.2) is 41.2 Å². The zero-order valence-electron chi connectivity index (χ0n) is 16.9. The Bertz CT molecular complexity index is 862. The van der Waals surface area contributed by atoms with Gasteiger partial charge < -0.3 is 14.7 Å². The van der Waals surface area contributed by atoms with Crippen LogP contribution < -0.4 is 10.3 Å². The number of hydrogen-bond acceptors (Lipinski definition) is 6. The Balaban J connectivity index is 1.57. The number of carbonyl (C=O) groups is 1. The minimum Gasteiger partial charge on any atom is -0.497 e. The molecular weight excluding hydrogens is 372 g/mol. The number of hydrogen-bond donors (Lipinski definition) is 2. The summed E-state index contributed by atoms with van der Waals surface area (Å²) >= 11 is 0. The first-order chi connectivity index (χ1) is 13.9. The Kier molecular flexibility index (Phi) is 6.66. The maximum atomic E-state index is 12.6. The van der Waals surface area contributed by atoms with Crippen molar-refractivity contribution < 1.29 is 14.6 Å². The highest BCUT2D eigenvalue weighted by Gasteiger charge is 2.33. The van der Waals surface area contributed by atoms with Crippen LogP contribution >= 0.6 is 0 Å². The van der Waals surface area contributed by atoms with Crippen molar-refractivity contribution in [1.29, 1.82) is 0 Å². The van der Waals surface area contributed by atoms with Gasteiger partial charge in [-0.1, -0.05) is 12.1 Å². The van der Waals surface area contributed by atoms with Crippen molar-refractivity contribution in [2.45, 2.75) is 31.4 Å². The van der Waals surface area contributed by atoms with E-state index in [1.807, 2.05) is 31.3 Å². The number of ether oxygens (including phenoxy) is 1. The third kappa shape index (κ3) is 5.65. The van der Waals surface area contributed by atoms with E-state index in [0.29, 0.717) is 38.9 Å². The van der Waals surface area contributed by atoms with E-state index in [1.54, 1.807) is 12.0 Å². The normalized spacial score (nSPS) is 19.8. The summed E-state index contributed by atoms with van der Waals surface area (Å²) in [6.45, 7) is 2.25. The molecule has 1 amide bonds. The van der Waals surface area contributed by atoms with Crippen molar-refractivity contribution in [2.75, 3.05) is 33.8 Å². The summed E-state index contributed by atoms with van der Waals surface area (Å²) in [5.74, 6) is 0.595. The second kappa shape index (κ2) is 9.19. The number of aromatic nitrogens is 2. The van der Waals surface area contributed by atoms with Gasteiger partial charge in [-0.15, -0.1) is 0 Å². The number of nitrogens with zero attached hydrogens (tertiary/aromatic N) is 3. The molecule has 0 spiro atoms. The lowest BCUT2D eigenvalue weighted by Gasteiger charge is -2.31. The molecule has 2 aromatic rings. The highest BCUT2D eigenvalue weighted by molar-refractivity contribution is 5.92. The van der Waals surface area contributed by atoms with E-state index in [0.717, 1.165) is 17.9 Å². The molecule has 3 rings (SSSR count). The average Bonchev–Trinajstić information content (AvgIpc) is 2.90. The number of rotatable bonds is 6. The van der Waals surface area contributed by atoms with Gasteiger partial charge in [-0.3, -0.25) is 14.5 Å². The van der Waals surface area contributed by atoms with Crippen molar-refractivity contribution in [1.82, 2.24) is 20.0 Å². The van der Waals surface area contributed by atoms with Gasteiger partial charge in [0.2, 0.25) is 0 Å². The number of aromatic amines is 1. The minimum atomic E-state index is -0.853. The number of methoxy groups -OCH3 is 1. The maximum Gasteiger partial charge on any atom is 0.274 e. The molecule has 0 saturated carbocycles. The Labute approximate surface area is 170 Å². The van der Waals surface area contributed by atoms with Crippen LogP contribution in [0.25, 0.3) is 0 Å². The van der Waals surface area contributed by atoms with Crippen LogP contribution in [-0.2, 0) is 6.54 Å². The summed E-state index contributed by atoms with van der Waals surface area (Å²) in [5, 5.41) is 17.2. The number of nitrogens with one attached hydrogen (secondary N) is 1. The summed E-state index contributed by atoms with van der Waals surface area (Å²) in [6.07, 6.45) is 1.83. The molecule has 2 heterocycles. The molecule has 1 aromatic carbocycles. The van der Waals surface area contributed by atoms with Gasteiger partial charge in [0.15, 0.2) is 0 Å². The fraction of sp³-hybridized carbons (Fsp3) is 0.476. The van der Waals surface area contributed by atoms with Gasteiger partial charge in [0, 0.05) is 32.2 Å². The van der Waals surface area contributed by atoms with E-state index < -0.39 is 5.60 Å². The summed E-state index contributed by atoms with van der Waals surface area (Å²) in [6, 6.07) is 10.6. The summed E-state index contributed by atoms with van der Waals surface area (Å²) in [7, 11) is 3.63. The van der Waals surface area contributed by atoms with Crippen LogP contribution in [0.2, 0.25) is 0 Å². The van der Waals surface area contributed by atoms with E-state index in [9.17, 15) is 14.7 Å². The first-order valence-corrected chi connectivity index (χ1v) is 9.77. The van der Waals surface area contributed by atoms with Gasteiger partial charge in [0.25, 0.3) is 11.5 Å². The predicted octanol–water partition coefficient (Wildman–Crippen LogP) is 1.27. The van der Waals surface area contributed by atoms with E-state index in [4.69, 9.17) is 4.74 Å². The quantitative estimate of drug-likeness (QED) is 0.758. The van der Waals surface area contributed by atoms with Gasteiger partial charge in [0.05, 0.1) is 12.7 Å². The van der Waals surface area contributed by atoms with E-state index >= 15 is 0 Å². The Morgan fingerprint density at radius 3 is 2.66 bits per heavy atom. The third-order valence-corrected chi connectivity index (χ3v) is 5.28. The zero-order valence-corrected chi connectivity index (χ0v) is 16.9. The SMILES string of the molecule is COc1ccc(CN(C)C[C@@]2(O)CCCN(C(=O)c3ccc(=O)[nH]n3)CC2)cc1. The van der Waals surface area contributed by atoms with Crippen molar-refractivity contribution >= 4 is 5.91 Å².